The van der Waals surface area contributed by atoms with E-state index in [0.717, 1.165) is 0 Å². The zero-order valence-electron chi connectivity index (χ0n) is 9.27. The minimum atomic E-state index is 0.569. The van der Waals surface area contributed by atoms with Gasteiger partial charge in [-0.2, -0.15) is 0 Å². The molecule has 0 N–H and O–H groups in total. The monoisotopic (exact) mass is 274 g/mol. The van der Waals surface area contributed by atoms with Crippen molar-refractivity contribution in [3.05, 3.63) is 21.4 Å². The third kappa shape index (κ3) is 3.39. The second-order valence-corrected chi connectivity index (χ2v) is 6.40. The first-order valence-electron chi connectivity index (χ1n) is 5.36. The summed E-state index contributed by atoms with van der Waals surface area (Å²) in [4.78, 5) is 3.47. The number of aryl methyl sites for hydroxylation is 2. The van der Waals surface area contributed by atoms with E-state index in [1.807, 2.05) is 11.3 Å². The topological polar surface area (TPSA) is 0 Å². The van der Waals surface area contributed by atoms with Gasteiger partial charge >= 0.3 is 0 Å². The van der Waals surface area contributed by atoms with Gasteiger partial charge in [0.15, 0.2) is 0 Å². The van der Waals surface area contributed by atoms with Crippen molar-refractivity contribution in [3.8, 4) is 0 Å². The highest BCUT2D eigenvalue weighted by atomic mass is 79.9. The smallest absolute Gasteiger partial charge is 0.0406 e. The van der Waals surface area contributed by atoms with Crippen molar-refractivity contribution in [2.45, 2.75) is 51.3 Å². The molecule has 2 heteroatoms. The molecule has 0 radical (unpaired) electrons. The maximum Gasteiger partial charge on any atom is 0.0406 e. The van der Waals surface area contributed by atoms with Crippen molar-refractivity contribution in [1.29, 1.82) is 0 Å². The second kappa shape index (κ2) is 5.92. The molecule has 0 saturated carbocycles. The molecule has 0 bridgehead atoms. The van der Waals surface area contributed by atoms with Crippen molar-refractivity contribution in [1.82, 2.24) is 0 Å². The Labute approximate surface area is 99.9 Å². The van der Waals surface area contributed by atoms with E-state index < -0.39 is 0 Å². The summed E-state index contributed by atoms with van der Waals surface area (Å²) >= 11 is 5.69. The van der Waals surface area contributed by atoms with Gasteiger partial charge in [0, 0.05) is 14.6 Å². The highest BCUT2D eigenvalue weighted by Gasteiger charge is 2.11. The highest BCUT2D eigenvalue weighted by molar-refractivity contribution is 9.09. The lowest BCUT2D eigenvalue weighted by Gasteiger charge is -2.08. The lowest BCUT2D eigenvalue weighted by atomic mass is 10.1. The van der Waals surface area contributed by atoms with E-state index in [1.165, 1.54) is 41.0 Å². The van der Waals surface area contributed by atoms with E-state index in [1.54, 1.807) is 0 Å². The van der Waals surface area contributed by atoms with Crippen LogP contribution in [-0.2, 0) is 0 Å². The number of unbranched alkanes of at least 4 members (excludes halogenated alkanes) is 2. The fourth-order valence-electron chi connectivity index (χ4n) is 1.69. The fraction of sp³-hybridized carbons (Fsp3) is 0.667. The van der Waals surface area contributed by atoms with Crippen LogP contribution in [0.5, 0.6) is 0 Å². The van der Waals surface area contributed by atoms with Gasteiger partial charge in [-0.15, -0.1) is 11.3 Å². The van der Waals surface area contributed by atoms with E-state index in [-0.39, 0.29) is 0 Å². The number of hydrogen-bond donors (Lipinski definition) is 0. The number of alkyl halides is 1. The summed E-state index contributed by atoms with van der Waals surface area (Å²) in [7, 11) is 0. The predicted octanol–water partition coefficient (Wildman–Crippen LogP) is 5.38. The van der Waals surface area contributed by atoms with Crippen LogP contribution in [0, 0.1) is 13.8 Å². The standard InChI is InChI=1S/C12H19BrS/c1-4-5-6-7-12(13)11-8-9(2)14-10(11)3/h8,12H,4-7H2,1-3H3. The Bertz CT molecular complexity index is 278. The van der Waals surface area contributed by atoms with Crippen LogP contribution in [0.4, 0.5) is 0 Å². The molecular weight excluding hydrogens is 256 g/mol. The summed E-state index contributed by atoms with van der Waals surface area (Å²) in [6.07, 6.45) is 5.26. The molecule has 1 aromatic rings. The molecule has 0 nitrogen and oxygen atoms in total. The number of rotatable bonds is 5. The molecule has 0 fully saturated rings. The SMILES string of the molecule is CCCCCC(Br)c1cc(C)sc1C. The zero-order chi connectivity index (χ0) is 10.6. The van der Waals surface area contributed by atoms with Crippen LogP contribution in [0.1, 0.15) is 52.8 Å². The largest absolute Gasteiger partial charge is 0.146 e. The third-order valence-electron chi connectivity index (χ3n) is 2.48. The Balaban J connectivity index is 2.51. The Kier molecular flexibility index (Phi) is 5.18. The highest BCUT2D eigenvalue weighted by Crippen LogP contribution is 2.34. The van der Waals surface area contributed by atoms with E-state index in [9.17, 15) is 0 Å². The molecule has 14 heavy (non-hydrogen) atoms. The van der Waals surface area contributed by atoms with Gasteiger partial charge in [-0.3, -0.25) is 0 Å². The molecule has 0 aliphatic heterocycles. The lowest BCUT2D eigenvalue weighted by Crippen LogP contribution is -1.89. The third-order valence-corrected chi connectivity index (χ3v) is 4.41. The molecule has 0 amide bonds. The molecule has 0 spiro atoms. The first-order valence-corrected chi connectivity index (χ1v) is 7.09. The molecule has 80 valence electrons. The van der Waals surface area contributed by atoms with Gasteiger partial charge < -0.3 is 0 Å². The average molecular weight is 275 g/mol. The maximum absolute atomic E-state index is 3.79. The van der Waals surface area contributed by atoms with Gasteiger partial charge in [0.25, 0.3) is 0 Å². The van der Waals surface area contributed by atoms with E-state index in [0.29, 0.717) is 4.83 Å². The predicted molar refractivity (Wildman–Crippen MR) is 69.6 cm³/mol. The second-order valence-electron chi connectivity index (χ2n) is 3.83. The number of hydrogen-bond acceptors (Lipinski definition) is 1. The average Bonchev–Trinajstić information content (AvgIpc) is 2.45. The van der Waals surface area contributed by atoms with Crippen LogP contribution in [0.25, 0.3) is 0 Å². The molecule has 0 aliphatic carbocycles. The van der Waals surface area contributed by atoms with Crippen molar-refractivity contribution < 1.29 is 0 Å². The Morgan fingerprint density at radius 1 is 1.36 bits per heavy atom. The normalized spacial score (nSPS) is 13.1. The van der Waals surface area contributed by atoms with Gasteiger partial charge in [-0.05, 0) is 31.9 Å². The molecule has 1 aromatic heterocycles. The van der Waals surface area contributed by atoms with Crippen LogP contribution < -0.4 is 0 Å². The van der Waals surface area contributed by atoms with Crippen molar-refractivity contribution >= 4 is 27.3 Å². The Hall–Kier alpha value is 0.180. The van der Waals surface area contributed by atoms with Crippen LogP contribution in [0.2, 0.25) is 0 Å². The Morgan fingerprint density at radius 3 is 2.57 bits per heavy atom. The van der Waals surface area contributed by atoms with Gasteiger partial charge in [0.2, 0.25) is 0 Å². The van der Waals surface area contributed by atoms with Crippen LogP contribution in [0.15, 0.2) is 6.07 Å². The summed E-state index contributed by atoms with van der Waals surface area (Å²) in [6, 6.07) is 2.32. The van der Waals surface area contributed by atoms with Crippen molar-refractivity contribution in [2.75, 3.05) is 0 Å². The fourth-order valence-corrected chi connectivity index (χ4v) is 3.63. The maximum atomic E-state index is 3.79. The van der Waals surface area contributed by atoms with Crippen molar-refractivity contribution in [2.24, 2.45) is 0 Å². The summed E-state index contributed by atoms with van der Waals surface area (Å²) in [5.74, 6) is 0. The van der Waals surface area contributed by atoms with Gasteiger partial charge in [-0.25, -0.2) is 0 Å². The molecular formula is C12H19BrS. The first kappa shape index (κ1) is 12.3. The molecule has 1 rings (SSSR count). The zero-order valence-corrected chi connectivity index (χ0v) is 11.7. The molecule has 1 heterocycles. The lowest BCUT2D eigenvalue weighted by molar-refractivity contribution is 0.663. The first-order chi connectivity index (χ1) is 6.65. The Morgan fingerprint density at radius 2 is 2.07 bits per heavy atom. The van der Waals surface area contributed by atoms with Gasteiger partial charge in [0.05, 0.1) is 0 Å². The summed E-state index contributed by atoms with van der Waals surface area (Å²) in [5.41, 5.74) is 1.50. The minimum Gasteiger partial charge on any atom is -0.146 e. The van der Waals surface area contributed by atoms with Crippen LogP contribution >= 0.6 is 27.3 Å². The van der Waals surface area contributed by atoms with Crippen molar-refractivity contribution in [3.63, 3.8) is 0 Å². The summed E-state index contributed by atoms with van der Waals surface area (Å²) < 4.78 is 0. The van der Waals surface area contributed by atoms with E-state index >= 15 is 0 Å². The number of thiophene rings is 1. The molecule has 0 aromatic carbocycles. The quantitative estimate of drug-likeness (QED) is 0.500. The van der Waals surface area contributed by atoms with Gasteiger partial charge in [0.1, 0.15) is 0 Å². The van der Waals surface area contributed by atoms with Gasteiger partial charge in [-0.1, -0.05) is 42.1 Å². The number of halogens is 1. The summed E-state index contributed by atoms with van der Waals surface area (Å²) in [5, 5.41) is 0. The minimum absolute atomic E-state index is 0.569. The van der Waals surface area contributed by atoms with Crippen LogP contribution in [0.3, 0.4) is 0 Å². The summed E-state index contributed by atoms with van der Waals surface area (Å²) in [6.45, 7) is 6.66. The molecule has 1 atom stereocenters. The van der Waals surface area contributed by atoms with E-state index in [2.05, 4.69) is 42.8 Å². The molecule has 0 saturated heterocycles. The van der Waals surface area contributed by atoms with Crippen LogP contribution in [-0.4, -0.2) is 0 Å². The molecule has 1 unspecified atom stereocenters. The molecule has 0 aliphatic rings. The van der Waals surface area contributed by atoms with E-state index in [4.69, 9.17) is 0 Å².